The second kappa shape index (κ2) is 7.47. The summed E-state index contributed by atoms with van der Waals surface area (Å²) in [5, 5.41) is 2.44. The van der Waals surface area contributed by atoms with E-state index in [1.165, 1.54) is 27.5 Å². The lowest BCUT2D eigenvalue weighted by Gasteiger charge is -2.01. The molecule has 118 valence electrons. The number of aryl methyl sites for hydroxylation is 1. The van der Waals surface area contributed by atoms with Crippen molar-refractivity contribution < 1.29 is 0 Å². The Balaban J connectivity index is 0.000000143. The smallest absolute Gasteiger partial charge is 0.0320 e. The first-order valence-electron chi connectivity index (χ1n) is 8.09. The summed E-state index contributed by atoms with van der Waals surface area (Å²) in [6.07, 6.45) is 0. The number of hydrogen-bond donors (Lipinski definition) is 1. The summed E-state index contributed by atoms with van der Waals surface area (Å²) in [5.41, 5.74) is 10.3. The largest absolute Gasteiger partial charge is 0.399 e. The summed E-state index contributed by atoms with van der Waals surface area (Å²) >= 11 is 0. The Morgan fingerprint density at radius 1 is 0.542 bits per heavy atom. The molecule has 0 aromatic heterocycles. The Kier molecular flexibility index (Phi) is 4.93. The van der Waals surface area contributed by atoms with E-state index in [2.05, 4.69) is 67.6 Å². The molecule has 4 aromatic rings. The second-order valence-corrected chi connectivity index (χ2v) is 5.84. The minimum Gasteiger partial charge on any atom is -0.399 e. The summed E-state index contributed by atoms with van der Waals surface area (Å²) in [7, 11) is 0. The van der Waals surface area contributed by atoms with Crippen molar-refractivity contribution in [2.75, 3.05) is 5.73 Å². The Morgan fingerprint density at radius 2 is 1.21 bits per heavy atom. The van der Waals surface area contributed by atoms with Crippen LogP contribution in [-0.2, 0) is 0 Å². The lowest BCUT2D eigenvalue weighted by Crippen LogP contribution is -1.82. The van der Waals surface area contributed by atoms with Crippen LogP contribution in [0.4, 0.5) is 5.69 Å². The van der Waals surface area contributed by atoms with E-state index in [4.69, 9.17) is 5.73 Å². The Bertz CT molecular complexity index is 926. The lowest BCUT2D eigenvalue weighted by molar-refractivity contribution is 1.47. The standard InChI is InChI=1S/C13H12.C10H9N/c1-11-6-5-9-13(10-11)12-7-3-2-4-8-12;11-10-6-5-8-3-1-2-4-9(8)7-10/h2-10H,1H3;1-7H,11H2. The molecule has 0 spiro atoms. The van der Waals surface area contributed by atoms with E-state index in [0.29, 0.717) is 0 Å². The van der Waals surface area contributed by atoms with Gasteiger partial charge in [0, 0.05) is 5.69 Å². The minimum absolute atomic E-state index is 0.823. The zero-order chi connectivity index (χ0) is 16.8. The van der Waals surface area contributed by atoms with Crippen LogP contribution in [0.15, 0.2) is 97.1 Å². The zero-order valence-electron chi connectivity index (χ0n) is 13.8. The van der Waals surface area contributed by atoms with Gasteiger partial charge in [0.2, 0.25) is 0 Å². The minimum atomic E-state index is 0.823. The Hall–Kier alpha value is -3.06. The van der Waals surface area contributed by atoms with Crippen LogP contribution in [0.3, 0.4) is 0 Å². The van der Waals surface area contributed by atoms with Crippen LogP contribution in [0, 0.1) is 6.92 Å². The van der Waals surface area contributed by atoms with E-state index in [0.717, 1.165) is 5.69 Å². The van der Waals surface area contributed by atoms with Crippen molar-refractivity contribution in [1.82, 2.24) is 0 Å². The van der Waals surface area contributed by atoms with Crippen LogP contribution in [-0.4, -0.2) is 0 Å². The molecule has 0 atom stereocenters. The number of fused-ring (bicyclic) bond motifs is 1. The SMILES string of the molecule is Cc1cccc(-c2ccccc2)c1.Nc1ccc2ccccc2c1. The third kappa shape index (κ3) is 4.02. The fourth-order valence-electron chi connectivity index (χ4n) is 2.66. The zero-order valence-corrected chi connectivity index (χ0v) is 13.8. The van der Waals surface area contributed by atoms with E-state index >= 15 is 0 Å². The molecule has 0 radical (unpaired) electrons. The Labute approximate surface area is 143 Å². The van der Waals surface area contributed by atoms with E-state index < -0.39 is 0 Å². The van der Waals surface area contributed by atoms with Gasteiger partial charge in [-0.05, 0) is 41.0 Å². The fourth-order valence-corrected chi connectivity index (χ4v) is 2.66. The van der Waals surface area contributed by atoms with Crippen LogP contribution in [0.2, 0.25) is 0 Å². The van der Waals surface area contributed by atoms with Crippen molar-refractivity contribution in [3.8, 4) is 11.1 Å². The van der Waals surface area contributed by atoms with Crippen molar-refractivity contribution >= 4 is 16.5 Å². The van der Waals surface area contributed by atoms with Gasteiger partial charge < -0.3 is 5.73 Å². The molecule has 0 fully saturated rings. The average Bonchev–Trinajstić information content (AvgIpc) is 2.63. The van der Waals surface area contributed by atoms with Gasteiger partial charge >= 0.3 is 0 Å². The van der Waals surface area contributed by atoms with Crippen LogP contribution in [0.5, 0.6) is 0 Å². The van der Waals surface area contributed by atoms with Gasteiger partial charge in [0.05, 0.1) is 0 Å². The quantitative estimate of drug-likeness (QED) is 0.423. The molecule has 24 heavy (non-hydrogen) atoms. The fraction of sp³-hybridized carbons (Fsp3) is 0.0435. The van der Waals surface area contributed by atoms with Crippen molar-refractivity contribution in [2.45, 2.75) is 6.92 Å². The summed E-state index contributed by atoms with van der Waals surface area (Å²) < 4.78 is 0. The van der Waals surface area contributed by atoms with Gasteiger partial charge in [-0.1, -0.05) is 90.5 Å². The lowest BCUT2D eigenvalue weighted by atomic mass is 10.0. The van der Waals surface area contributed by atoms with Gasteiger partial charge in [-0.15, -0.1) is 0 Å². The number of anilines is 1. The van der Waals surface area contributed by atoms with Gasteiger partial charge in [-0.3, -0.25) is 0 Å². The molecule has 0 aliphatic rings. The molecule has 1 nitrogen and oxygen atoms in total. The van der Waals surface area contributed by atoms with E-state index in [1.54, 1.807) is 0 Å². The average molecular weight is 311 g/mol. The third-order valence-electron chi connectivity index (χ3n) is 3.90. The van der Waals surface area contributed by atoms with Gasteiger partial charge in [0.25, 0.3) is 0 Å². The molecule has 4 rings (SSSR count). The molecule has 1 heteroatoms. The van der Waals surface area contributed by atoms with Crippen LogP contribution in [0.1, 0.15) is 5.56 Å². The normalized spacial score (nSPS) is 10.0. The molecule has 0 saturated heterocycles. The van der Waals surface area contributed by atoms with Crippen molar-refractivity contribution in [3.05, 3.63) is 103 Å². The highest BCUT2D eigenvalue weighted by Gasteiger charge is 1.94. The molecule has 0 unspecified atom stereocenters. The third-order valence-corrected chi connectivity index (χ3v) is 3.90. The van der Waals surface area contributed by atoms with E-state index in [-0.39, 0.29) is 0 Å². The van der Waals surface area contributed by atoms with Gasteiger partial charge in [-0.25, -0.2) is 0 Å². The summed E-state index contributed by atoms with van der Waals surface area (Å²) in [4.78, 5) is 0. The summed E-state index contributed by atoms with van der Waals surface area (Å²) in [6, 6.07) is 33.1. The number of benzene rings is 4. The molecular weight excluding hydrogens is 290 g/mol. The van der Waals surface area contributed by atoms with E-state index in [9.17, 15) is 0 Å². The summed E-state index contributed by atoms with van der Waals surface area (Å²) in [6.45, 7) is 2.12. The molecule has 0 heterocycles. The molecule has 0 saturated carbocycles. The molecule has 2 N–H and O–H groups in total. The monoisotopic (exact) mass is 311 g/mol. The predicted octanol–water partition coefficient (Wildman–Crippen LogP) is 6.08. The molecule has 0 amide bonds. The topological polar surface area (TPSA) is 26.0 Å². The Morgan fingerprint density at radius 3 is 1.96 bits per heavy atom. The van der Waals surface area contributed by atoms with Gasteiger partial charge in [0.15, 0.2) is 0 Å². The van der Waals surface area contributed by atoms with Crippen molar-refractivity contribution in [2.24, 2.45) is 0 Å². The first-order valence-corrected chi connectivity index (χ1v) is 8.09. The molecule has 4 aromatic carbocycles. The molecule has 0 bridgehead atoms. The van der Waals surface area contributed by atoms with Gasteiger partial charge in [0.1, 0.15) is 0 Å². The number of rotatable bonds is 1. The van der Waals surface area contributed by atoms with Crippen LogP contribution in [0.25, 0.3) is 21.9 Å². The first kappa shape index (κ1) is 15.8. The summed E-state index contributed by atoms with van der Waals surface area (Å²) in [5.74, 6) is 0. The first-order chi connectivity index (χ1) is 11.7. The number of nitrogens with two attached hydrogens (primary N) is 1. The highest BCUT2D eigenvalue weighted by molar-refractivity contribution is 5.85. The van der Waals surface area contributed by atoms with Crippen LogP contribution < -0.4 is 5.73 Å². The van der Waals surface area contributed by atoms with E-state index in [1.807, 2.05) is 36.4 Å². The molecular formula is C23H21N. The highest BCUT2D eigenvalue weighted by Crippen LogP contribution is 2.19. The van der Waals surface area contributed by atoms with Gasteiger partial charge in [-0.2, -0.15) is 0 Å². The maximum absolute atomic E-state index is 5.62. The maximum Gasteiger partial charge on any atom is 0.0320 e. The highest BCUT2D eigenvalue weighted by atomic mass is 14.5. The second-order valence-electron chi connectivity index (χ2n) is 5.84. The molecule has 0 aliphatic carbocycles. The van der Waals surface area contributed by atoms with Crippen molar-refractivity contribution in [1.29, 1.82) is 0 Å². The van der Waals surface area contributed by atoms with Crippen LogP contribution >= 0.6 is 0 Å². The molecule has 0 aliphatic heterocycles. The van der Waals surface area contributed by atoms with Crippen molar-refractivity contribution in [3.63, 3.8) is 0 Å². The number of nitrogen functional groups attached to an aromatic ring is 1. The maximum atomic E-state index is 5.62. The number of hydrogen-bond acceptors (Lipinski definition) is 1. The predicted molar refractivity (Wildman–Crippen MR) is 105 cm³/mol.